The first kappa shape index (κ1) is 11.3. The van der Waals surface area contributed by atoms with E-state index in [9.17, 15) is 9.18 Å². The second-order valence-corrected chi connectivity index (χ2v) is 4.30. The summed E-state index contributed by atoms with van der Waals surface area (Å²) in [5.74, 6) is -0.415. The lowest BCUT2D eigenvalue weighted by Gasteiger charge is -2.12. The van der Waals surface area contributed by atoms with Crippen LogP contribution < -0.4 is 10.6 Å². The van der Waals surface area contributed by atoms with E-state index in [1.807, 2.05) is 0 Å². The first-order valence-corrected chi connectivity index (χ1v) is 5.54. The van der Waals surface area contributed by atoms with Gasteiger partial charge in [0, 0.05) is 6.54 Å². The van der Waals surface area contributed by atoms with Gasteiger partial charge < -0.3 is 10.5 Å². The molecule has 1 heterocycles. The number of anilines is 1. The van der Waals surface area contributed by atoms with E-state index in [1.165, 1.54) is 11.0 Å². The highest BCUT2D eigenvalue weighted by Gasteiger charge is 2.31. The molecule has 1 aliphatic rings. The van der Waals surface area contributed by atoms with Gasteiger partial charge in [-0.25, -0.2) is 9.18 Å². The van der Waals surface area contributed by atoms with Crippen LogP contribution in [0.4, 0.5) is 14.9 Å². The molecule has 1 aromatic rings. The number of amides is 1. The summed E-state index contributed by atoms with van der Waals surface area (Å²) in [6, 6.07) is 4.48. The number of carbonyl (C=O) groups is 1. The van der Waals surface area contributed by atoms with Gasteiger partial charge in [0.2, 0.25) is 0 Å². The Balaban J connectivity index is 2.24. The van der Waals surface area contributed by atoms with E-state index in [2.05, 4.69) is 15.9 Å². The van der Waals surface area contributed by atoms with Crippen LogP contribution in [0.5, 0.6) is 0 Å². The van der Waals surface area contributed by atoms with Gasteiger partial charge in [-0.15, -0.1) is 0 Å². The highest BCUT2D eigenvalue weighted by atomic mass is 79.9. The normalized spacial score (nSPS) is 20.1. The summed E-state index contributed by atoms with van der Waals surface area (Å²) in [6.07, 6.45) is -0.809. The van der Waals surface area contributed by atoms with Crippen molar-refractivity contribution in [1.82, 2.24) is 0 Å². The largest absolute Gasteiger partial charge is 0.443 e. The van der Waals surface area contributed by atoms with Crippen LogP contribution in [0.2, 0.25) is 0 Å². The maximum absolute atomic E-state index is 13.3. The van der Waals surface area contributed by atoms with Gasteiger partial charge in [0.1, 0.15) is 11.9 Å². The van der Waals surface area contributed by atoms with Crippen LogP contribution in [0.15, 0.2) is 22.7 Å². The third-order valence-corrected chi connectivity index (χ3v) is 2.99. The average molecular weight is 289 g/mol. The van der Waals surface area contributed by atoms with Crippen LogP contribution in [0, 0.1) is 5.82 Å². The maximum Gasteiger partial charge on any atom is 0.414 e. The van der Waals surface area contributed by atoms with Gasteiger partial charge in [0.25, 0.3) is 0 Å². The fourth-order valence-corrected chi connectivity index (χ4v) is 1.75. The molecule has 1 atom stereocenters. The van der Waals surface area contributed by atoms with Crippen molar-refractivity contribution in [2.24, 2.45) is 5.73 Å². The number of halogens is 2. The van der Waals surface area contributed by atoms with Crippen LogP contribution in [0.1, 0.15) is 0 Å². The molecule has 4 nitrogen and oxygen atoms in total. The Bertz CT molecular complexity index is 427. The molecule has 0 aromatic heterocycles. The van der Waals surface area contributed by atoms with Crippen molar-refractivity contribution in [3.63, 3.8) is 0 Å². The van der Waals surface area contributed by atoms with Crippen LogP contribution >= 0.6 is 15.9 Å². The number of cyclic esters (lactones) is 1. The molecule has 1 amide bonds. The minimum atomic E-state index is -0.489. The lowest BCUT2D eigenvalue weighted by Crippen LogP contribution is -2.27. The van der Waals surface area contributed by atoms with Gasteiger partial charge in [-0.2, -0.15) is 0 Å². The number of nitrogens with zero attached hydrogens (tertiary/aromatic N) is 1. The van der Waals surface area contributed by atoms with Crippen molar-refractivity contribution >= 4 is 27.7 Å². The second kappa shape index (κ2) is 4.39. The number of carbonyl (C=O) groups excluding carboxylic acids is 1. The van der Waals surface area contributed by atoms with E-state index in [1.54, 1.807) is 12.1 Å². The smallest absolute Gasteiger partial charge is 0.414 e. The topological polar surface area (TPSA) is 55.6 Å². The Labute approximate surface area is 100 Å². The molecule has 1 fully saturated rings. The fraction of sp³-hybridized carbons (Fsp3) is 0.300. The molecule has 0 bridgehead atoms. The zero-order valence-electron chi connectivity index (χ0n) is 8.32. The molecule has 1 aliphatic heterocycles. The molecule has 0 saturated carbocycles. The third-order valence-electron chi connectivity index (χ3n) is 2.35. The van der Waals surface area contributed by atoms with Gasteiger partial charge in [0.05, 0.1) is 16.7 Å². The quantitative estimate of drug-likeness (QED) is 0.904. The molecular weight excluding hydrogens is 279 g/mol. The molecule has 2 N–H and O–H groups in total. The van der Waals surface area contributed by atoms with Crippen LogP contribution in [0.25, 0.3) is 0 Å². The second-order valence-electron chi connectivity index (χ2n) is 3.45. The minimum Gasteiger partial charge on any atom is -0.443 e. The fourth-order valence-electron chi connectivity index (χ4n) is 1.51. The third kappa shape index (κ3) is 2.03. The number of ether oxygens (including phenoxy) is 1. The highest BCUT2D eigenvalue weighted by molar-refractivity contribution is 9.10. The maximum atomic E-state index is 13.3. The number of nitrogens with two attached hydrogens (primary N) is 1. The zero-order valence-corrected chi connectivity index (χ0v) is 9.91. The van der Waals surface area contributed by atoms with E-state index in [4.69, 9.17) is 10.5 Å². The molecular formula is C10H10BrFN2O2. The Morgan fingerprint density at radius 2 is 2.38 bits per heavy atom. The van der Waals surface area contributed by atoms with Gasteiger partial charge in [0.15, 0.2) is 0 Å². The van der Waals surface area contributed by atoms with Crippen LogP contribution in [-0.4, -0.2) is 25.3 Å². The molecule has 1 aromatic carbocycles. The molecule has 6 heteroatoms. The van der Waals surface area contributed by atoms with E-state index >= 15 is 0 Å². The van der Waals surface area contributed by atoms with Crippen LogP contribution in [-0.2, 0) is 4.74 Å². The van der Waals surface area contributed by atoms with Crippen molar-refractivity contribution < 1.29 is 13.9 Å². The molecule has 0 radical (unpaired) electrons. The van der Waals surface area contributed by atoms with Crippen molar-refractivity contribution in [3.8, 4) is 0 Å². The Morgan fingerprint density at radius 1 is 1.62 bits per heavy atom. The number of rotatable bonds is 2. The predicted molar refractivity (Wildman–Crippen MR) is 60.8 cm³/mol. The summed E-state index contributed by atoms with van der Waals surface area (Å²) < 4.78 is 18.6. The Kier molecular flexibility index (Phi) is 3.11. The first-order chi connectivity index (χ1) is 7.61. The molecule has 0 unspecified atom stereocenters. The summed E-state index contributed by atoms with van der Waals surface area (Å²) in [6.45, 7) is 0.623. The Hall–Kier alpha value is -1.14. The van der Waals surface area contributed by atoms with Gasteiger partial charge in [-0.3, -0.25) is 4.90 Å². The predicted octanol–water partition coefficient (Wildman–Crippen LogP) is 1.87. The monoisotopic (exact) mass is 288 g/mol. The molecule has 86 valence electrons. The molecule has 1 saturated heterocycles. The van der Waals surface area contributed by atoms with Crippen molar-refractivity contribution in [3.05, 3.63) is 28.5 Å². The van der Waals surface area contributed by atoms with Crippen LogP contribution in [0.3, 0.4) is 0 Å². The lowest BCUT2D eigenvalue weighted by molar-refractivity contribution is 0.145. The number of benzene rings is 1. The van der Waals surface area contributed by atoms with Gasteiger partial charge in [-0.1, -0.05) is 0 Å². The molecule has 0 aliphatic carbocycles. The van der Waals surface area contributed by atoms with Gasteiger partial charge >= 0.3 is 6.09 Å². The summed E-state index contributed by atoms with van der Waals surface area (Å²) in [7, 11) is 0. The molecule has 0 spiro atoms. The Morgan fingerprint density at radius 3 is 2.94 bits per heavy atom. The standard InChI is InChI=1S/C10H10BrFN2O2/c11-8-2-1-6(3-9(8)12)14-5-7(4-13)16-10(14)15/h1-3,7H,4-5,13H2/t7-/m1/s1. The average Bonchev–Trinajstić information content (AvgIpc) is 2.64. The zero-order chi connectivity index (χ0) is 11.7. The van der Waals surface area contributed by atoms with Crippen molar-refractivity contribution in [2.45, 2.75) is 6.10 Å². The molecule has 16 heavy (non-hydrogen) atoms. The summed E-state index contributed by atoms with van der Waals surface area (Å²) >= 11 is 3.05. The molecule has 2 rings (SSSR count). The summed E-state index contributed by atoms with van der Waals surface area (Å²) in [5, 5.41) is 0. The lowest BCUT2D eigenvalue weighted by atomic mass is 10.2. The highest BCUT2D eigenvalue weighted by Crippen LogP contribution is 2.25. The first-order valence-electron chi connectivity index (χ1n) is 4.75. The van der Waals surface area contributed by atoms with E-state index < -0.39 is 11.9 Å². The van der Waals surface area contributed by atoms with E-state index in [0.29, 0.717) is 16.7 Å². The van der Waals surface area contributed by atoms with E-state index in [-0.39, 0.29) is 12.6 Å². The SMILES string of the molecule is NC[C@@H]1CN(c2ccc(Br)c(F)c2)C(=O)O1. The summed E-state index contributed by atoms with van der Waals surface area (Å²) in [4.78, 5) is 12.8. The summed E-state index contributed by atoms with van der Waals surface area (Å²) in [5.41, 5.74) is 5.88. The minimum absolute atomic E-state index is 0.265. The number of hydrogen-bond donors (Lipinski definition) is 1. The van der Waals surface area contributed by atoms with Crippen molar-refractivity contribution in [1.29, 1.82) is 0 Å². The van der Waals surface area contributed by atoms with E-state index in [0.717, 1.165) is 0 Å². The van der Waals surface area contributed by atoms with Gasteiger partial charge in [-0.05, 0) is 34.1 Å². The van der Waals surface area contributed by atoms with Crippen molar-refractivity contribution in [2.75, 3.05) is 18.0 Å². The number of hydrogen-bond acceptors (Lipinski definition) is 3.